The van der Waals surface area contributed by atoms with Gasteiger partial charge >= 0.3 is 18.2 Å². The lowest BCUT2D eigenvalue weighted by molar-refractivity contribution is 0.0430. The van der Waals surface area contributed by atoms with E-state index in [1.54, 1.807) is 70.7 Å². The highest BCUT2D eigenvalue weighted by molar-refractivity contribution is 6.15. The van der Waals surface area contributed by atoms with Crippen LogP contribution in [0.1, 0.15) is 57.6 Å². The third-order valence-corrected chi connectivity index (χ3v) is 5.15. The number of hydrogen-bond acceptors (Lipinski definition) is 10. The Morgan fingerprint density at radius 1 is 0.974 bits per heavy atom. The molecule has 0 saturated carbocycles. The first-order valence-electron chi connectivity index (χ1n) is 12.1. The van der Waals surface area contributed by atoms with Gasteiger partial charge in [0.25, 0.3) is 0 Å². The maximum Gasteiger partial charge on any atom is 0.424 e. The summed E-state index contributed by atoms with van der Waals surface area (Å²) in [7, 11) is 1.18. The predicted octanol–water partition coefficient (Wildman–Crippen LogP) is 4.04. The largest absolute Gasteiger partial charge is 0.464 e. The van der Waals surface area contributed by atoms with Crippen LogP contribution in [0.2, 0.25) is 0 Å². The zero-order valence-corrected chi connectivity index (χ0v) is 22.7. The fourth-order valence-corrected chi connectivity index (χ4v) is 3.61. The first-order valence-corrected chi connectivity index (χ1v) is 12.1. The van der Waals surface area contributed by atoms with Crippen LogP contribution in [0.5, 0.6) is 0 Å². The second kappa shape index (κ2) is 11.1. The summed E-state index contributed by atoms with van der Waals surface area (Å²) >= 11 is 0. The van der Waals surface area contributed by atoms with E-state index in [1.165, 1.54) is 11.8 Å². The Morgan fingerprint density at radius 3 is 1.95 bits per heavy atom. The highest BCUT2D eigenvalue weighted by Gasteiger charge is 2.41. The molecule has 1 aromatic heterocycles. The lowest BCUT2D eigenvalue weighted by Crippen LogP contribution is -2.45. The van der Waals surface area contributed by atoms with Gasteiger partial charge in [-0.1, -0.05) is 0 Å². The van der Waals surface area contributed by atoms with Crippen molar-refractivity contribution in [3.63, 3.8) is 0 Å². The van der Waals surface area contributed by atoms with E-state index in [4.69, 9.17) is 18.9 Å². The number of carbonyl (C=O) groups is 3. The molecular weight excluding hydrogens is 494 g/mol. The summed E-state index contributed by atoms with van der Waals surface area (Å²) in [5.74, 6) is -0.691. The summed E-state index contributed by atoms with van der Waals surface area (Å²) in [6, 6.07) is 8.35. The van der Waals surface area contributed by atoms with Crippen LogP contribution in [0.3, 0.4) is 0 Å². The van der Waals surface area contributed by atoms with E-state index < -0.39 is 29.4 Å². The highest BCUT2D eigenvalue weighted by Crippen LogP contribution is 2.37. The molecule has 1 aromatic carbocycles. The molecule has 0 atom stereocenters. The average Bonchev–Trinajstić information content (AvgIpc) is 3.22. The van der Waals surface area contributed by atoms with Gasteiger partial charge in [-0.05, 0) is 65.8 Å². The fourth-order valence-electron chi connectivity index (χ4n) is 3.61. The molecule has 0 bridgehead atoms. The van der Waals surface area contributed by atoms with Gasteiger partial charge in [0.1, 0.15) is 16.9 Å². The number of anilines is 2. The van der Waals surface area contributed by atoms with Gasteiger partial charge in [0.15, 0.2) is 11.5 Å². The van der Waals surface area contributed by atoms with E-state index in [-0.39, 0.29) is 17.2 Å². The van der Waals surface area contributed by atoms with Crippen LogP contribution in [0, 0.1) is 11.3 Å². The Hall–Kier alpha value is -4.11. The van der Waals surface area contributed by atoms with E-state index >= 15 is 0 Å². The van der Waals surface area contributed by atoms with E-state index in [2.05, 4.69) is 5.10 Å². The molecule has 0 N–H and O–H groups in total. The minimum Gasteiger partial charge on any atom is -0.464 e. The normalized spacial score (nSPS) is 13.9. The Balaban J connectivity index is 2.35. The minimum atomic E-state index is -1.05. The van der Waals surface area contributed by atoms with Gasteiger partial charge in [0, 0.05) is 13.1 Å². The molecule has 38 heavy (non-hydrogen) atoms. The molecule has 1 aliphatic heterocycles. The molecule has 3 rings (SSSR count). The van der Waals surface area contributed by atoms with Crippen LogP contribution in [0.15, 0.2) is 24.3 Å². The summed E-state index contributed by atoms with van der Waals surface area (Å²) in [6.45, 7) is 11.4. The van der Waals surface area contributed by atoms with Gasteiger partial charge in [-0.15, -0.1) is 5.10 Å². The molecule has 2 heterocycles. The number of morpholine rings is 1. The fraction of sp³-hybridized carbons (Fsp3) is 0.500. The summed E-state index contributed by atoms with van der Waals surface area (Å²) in [5, 5.41) is 13.9. The van der Waals surface area contributed by atoms with Gasteiger partial charge in [0.05, 0.1) is 37.6 Å². The molecular formula is C26H33N5O7. The van der Waals surface area contributed by atoms with E-state index in [0.717, 1.165) is 0 Å². The summed E-state index contributed by atoms with van der Waals surface area (Å²) < 4.78 is 22.9. The van der Waals surface area contributed by atoms with Crippen LogP contribution in [-0.2, 0) is 18.9 Å². The molecule has 2 aromatic rings. The number of hydrogen-bond donors (Lipinski definition) is 0. The monoisotopic (exact) mass is 527 g/mol. The molecule has 204 valence electrons. The number of carbonyl (C=O) groups excluding carboxylic acids is 3. The van der Waals surface area contributed by atoms with E-state index in [9.17, 15) is 19.6 Å². The lowest BCUT2D eigenvalue weighted by Gasteiger charge is -2.31. The van der Waals surface area contributed by atoms with Gasteiger partial charge in [-0.3, -0.25) is 0 Å². The van der Waals surface area contributed by atoms with Crippen molar-refractivity contribution < 1.29 is 33.3 Å². The molecule has 12 heteroatoms. The van der Waals surface area contributed by atoms with Gasteiger partial charge in [-0.2, -0.15) is 10.2 Å². The first kappa shape index (κ1) is 28.5. The van der Waals surface area contributed by atoms with Crippen molar-refractivity contribution in [2.45, 2.75) is 52.7 Å². The smallest absolute Gasteiger partial charge is 0.424 e. The Kier molecular flexibility index (Phi) is 8.31. The SMILES string of the molecule is COC(=O)c1c(N(C(=O)OC(C)(C)C)C(=O)OC(C)(C)C)c(N2CCOCC2)nn1-c1ccc(C#N)cc1. The molecule has 1 aliphatic rings. The first-order chi connectivity index (χ1) is 17.8. The molecule has 0 aliphatic carbocycles. The van der Waals surface area contributed by atoms with Gasteiger partial charge in [0.2, 0.25) is 0 Å². The second-order valence-electron chi connectivity index (χ2n) is 10.5. The van der Waals surface area contributed by atoms with Crippen molar-refractivity contribution in [1.82, 2.24) is 9.78 Å². The minimum absolute atomic E-state index is 0.147. The number of esters is 1. The Bertz CT molecular complexity index is 1200. The maximum atomic E-state index is 13.5. The van der Waals surface area contributed by atoms with Crippen molar-refractivity contribution in [2.75, 3.05) is 43.2 Å². The number of nitrogens with zero attached hydrogens (tertiary/aromatic N) is 5. The number of methoxy groups -OCH3 is 1. The Morgan fingerprint density at radius 2 is 1.50 bits per heavy atom. The lowest BCUT2D eigenvalue weighted by atomic mass is 10.2. The number of nitriles is 1. The molecule has 12 nitrogen and oxygen atoms in total. The standard InChI is InChI=1S/C26H33N5O7/c1-25(2,3)37-23(33)30(24(34)38-26(4,5)6)19-20(22(32)35-7)31(18-10-8-17(16-27)9-11-18)28-21(19)29-12-14-36-15-13-29/h8-11H,12-15H2,1-7H3. The molecule has 1 saturated heterocycles. The van der Waals surface area contributed by atoms with Crippen LogP contribution in [0.4, 0.5) is 21.1 Å². The number of aromatic nitrogens is 2. The van der Waals surface area contributed by atoms with Crippen molar-refractivity contribution in [2.24, 2.45) is 0 Å². The maximum absolute atomic E-state index is 13.5. The summed E-state index contributed by atoms with van der Waals surface area (Å²) in [6.07, 6.45) is -2.10. The third-order valence-electron chi connectivity index (χ3n) is 5.15. The Labute approximate surface area is 221 Å². The molecule has 0 spiro atoms. The quantitative estimate of drug-likeness (QED) is 0.423. The van der Waals surface area contributed by atoms with Crippen LogP contribution in [-0.4, -0.2) is 72.6 Å². The molecule has 0 radical (unpaired) electrons. The van der Waals surface area contributed by atoms with Crippen LogP contribution < -0.4 is 9.80 Å². The van der Waals surface area contributed by atoms with Crippen molar-refractivity contribution in [3.05, 3.63) is 35.5 Å². The number of amides is 2. The van der Waals surface area contributed by atoms with Crippen molar-refractivity contribution in [3.8, 4) is 11.8 Å². The highest BCUT2D eigenvalue weighted by atomic mass is 16.6. The predicted molar refractivity (Wildman–Crippen MR) is 138 cm³/mol. The zero-order chi connectivity index (χ0) is 28.3. The van der Waals surface area contributed by atoms with Crippen molar-refractivity contribution in [1.29, 1.82) is 5.26 Å². The number of benzene rings is 1. The zero-order valence-electron chi connectivity index (χ0n) is 22.7. The summed E-state index contributed by atoms with van der Waals surface area (Å²) in [5.41, 5.74) is -1.48. The van der Waals surface area contributed by atoms with Crippen LogP contribution in [0.25, 0.3) is 5.69 Å². The van der Waals surface area contributed by atoms with Crippen molar-refractivity contribution >= 4 is 29.7 Å². The van der Waals surface area contributed by atoms with Gasteiger partial charge < -0.3 is 23.8 Å². The number of ether oxygens (including phenoxy) is 4. The molecule has 0 unspecified atom stereocenters. The van der Waals surface area contributed by atoms with Crippen LogP contribution >= 0.6 is 0 Å². The topological polar surface area (TPSA) is 136 Å². The number of rotatable bonds is 4. The summed E-state index contributed by atoms with van der Waals surface area (Å²) in [4.78, 5) is 42.8. The van der Waals surface area contributed by atoms with E-state index in [1.807, 2.05) is 6.07 Å². The molecule has 1 fully saturated rings. The van der Waals surface area contributed by atoms with Gasteiger partial charge in [-0.25, -0.2) is 19.1 Å². The van der Waals surface area contributed by atoms with E-state index in [0.29, 0.717) is 42.5 Å². The third kappa shape index (κ3) is 6.60. The average molecular weight is 528 g/mol. The number of imide groups is 1. The molecule has 2 amide bonds. The second-order valence-corrected chi connectivity index (χ2v) is 10.5.